The Morgan fingerprint density at radius 1 is 1.60 bits per heavy atom. The minimum atomic E-state index is -0.338. The minimum Gasteiger partial charge on any atom is -0.325 e. The molecule has 0 spiro atoms. The van der Waals surface area contributed by atoms with Gasteiger partial charge in [0.05, 0.1) is 0 Å². The molecule has 15 heavy (non-hydrogen) atoms. The Kier molecular flexibility index (Phi) is 3.85. The molecule has 0 aliphatic rings. The second-order valence-corrected chi connectivity index (χ2v) is 4.87. The van der Waals surface area contributed by atoms with Gasteiger partial charge in [-0.25, -0.2) is 4.98 Å². The van der Waals surface area contributed by atoms with Crippen molar-refractivity contribution >= 4 is 27.5 Å². The number of halogens is 1. The van der Waals surface area contributed by atoms with Crippen LogP contribution in [0.15, 0.2) is 22.9 Å². The lowest BCUT2D eigenvalue weighted by molar-refractivity contribution is -0.124. The number of hydrogen-bond donors (Lipinski definition) is 1. The first kappa shape index (κ1) is 12.2. The number of nitrogens with one attached hydrogen (secondary N) is 1. The van der Waals surface area contributed by atoms with Gasteiger partial charge in [0.1, 0.15) is 4.60 Å². The lowest BCUT2D eigenvalue weighted by Crippen LogP contribution is -2.29. The zero-order valence-corrected chi connectivity index (χ0v) is 10.8. The first-order chi connectivity index (χ1) is 6.95. The van der Waals surface area contributed by atoms with Gasteiger partial charge in [-0.05, 0) is 34.5 Å². The molecule has 1 heterocycles. The monoisotopic (exact) mass is 270 g/mol. The van der Waals surface area contributed by atoms with Gasteiger partial charge in [0.25, 0.3) is 0 Å². The Hall–Kier alpha value is -0.900. The third-order valence-corrected chi connectivity index (χ3v) is 2.92. The smallest absolute Gasteiger partial charge is 0.230 e. The van der Waals surface area contributed by atoms with Crippen molar-refractivity contribution in [2.24, 2.45) is 5.41 Å². The van der Waals surface area contributed by atoms with E-state index in [1.807, 2.05) is 20.8 Å². The molecule has 0 aromatic carbocycles. The molecule has 3 nitrogen and oxygen atoms in total. The third-order valence-electron chi connectivity index (χ3n) is 2.48. The molecule has 1 rings (SSSR count). The second-order valence-electron chi connectivity index (χ2n) is 4.06. The Morgan fingerprint density at radius 2 is 2.27 bits per heavy atom. The van der Waals surface area contributed by atoms with Crippen molar-refractivity contribution in [2.45, 2.75) is 27.2 Å². The third kappa shape index (κ3) is 3.30. The van der Waals surface area contributed by atoms with E-state index in [0.717, 1.165) is 16.7 Å². The number of carbonyl (C=O) groups excluding carboxylic acids is 1. The molecule has 4 heteroatoms. The zero-order valence-electron chi connectivity index (χ0n) is 9.17. The van der Waals surface area contributed by atoms with Crippen LogP contribution in [0.5, 0.6) is 0 Å². The van der Waals surface area contributed by atoms with Gasteiger partial charge in [-0.3, -0.25) is 4.79 Å². The Balaban J connectivity index is 2.75. The van der Waals surface area contributed by atoms with Crippen LogP contribution in [0.2, 0.25) is 0 Å². The lowest BCUT2D eigenvalue weighted by Gasteiger charge is -2.21. The largest absolute Gasteiger partial charge is 0.325 e. The molecule has 0 radical (unpaired) electrons. The van der Waals surface area contributed by atoms with Crippen LogP contribution >= 0.6 is 15.9 Å². The van der Waals surface area contributed by atoms with Crippen molar-refractivity contribution in [3.8, 4) is 0 Å². The van der Waals surface area contributed by atoms with E-state index < -0.39 is 0 Å². The average Bonchev–Trinajstić information content (AvgIpc) is 2.17. The second kappa shape index (κ2) is 4.75. The number of aromatic nitrogens is 1. The van der Waals surface area contributed by atoms with Gasteiger partial charge in [0.15, 0.2) is 0 Å². The molecular formula is C11H15BrN2O. The van der Waals surface area contributed by atoms with Gasteiger partial charge in [-0.1, -0.05) is 20.8 Å². The van der Waals surface area contributed by atoms with E-state index in [-0.39, 0.29) is 11.3 Å². The van der Waals surface area contributed by atoms with Crippen LogP contribution < -0.4 is 5.32 Å². The normalized spacial score (nSPS) is 11.2. The molecule has 0 saturated heterocycles. The van der Waals surface area contributed by atoms with E-state index in [2.05, 4.69) is 26.2 Å². The number of amides is 1. The molecule has 0 bridgehead atoms. The Bertz CT molecular complexity index is 363. The molecule has 0 aliphatic carbocycles. The fourth-order valence-corrected chi connectivity index (χ4v) is 1.31. The highest BCUT2D eigenvalue weighted by molar-refractivity contribution is 9.10. The highest BCUT2D eigenvalue weighted by atomic mass is 79.9. The number of rotatable bonds is 3. The van der Waals surface area contributed by atoms with E-state index >= 15 is 0 Å². The summed E-state index contributed by atoms with van der Waals surface area (Å²) in [6.45, 7) is 5.86. The summed E-state index contributed by atoms with van der Waals surface area (Å²) in [7, 11) is 0. The number of anilines is 1. The maximum atomic E-state index is 11.8. The standard InChI is InChI=1S/C11H15BrN2O/c1-4-11(2,3)10(15)14-8-5-6-13-9(12)7-8/h5-7H,4H2,1-3H3,(H,13,14,15). The number of carbonyl (C=O) groups is 1. The van der Waals surface area contributed by atoms with Crippen molar-refractivity contribution in [1.29, 1.82) is 0 Å². The summed E-state index contributed by atoms with van der Waals surface area (Å²) >= 11 is 3.26. The topological polar surface area (TPSA) is 42.0 Å². The zero-order chi connectivity index (χ0) is 11.5. The molecule has 1 aromatic rings. The summed E-state index contributed by atoms with van der Waals surface area (Å²) < 4.78 is 0.717. The summed E-state index contributed by atoms with van der Waals surface area (Å²) in [4.78, 5) is 15.8. The van der Waals surface area contributed by atoms with Gasteiger partial charge < -0.3 is 5.32 Å². The van der Waals surface area contributed by atoms with Crippen molar-refractivity contribution in [3.05, 3.63) is 22.9 Å². The van der Waals surface area contributed by atoms with Crippen molar-refractivity contribution in [3.63, 3.8) is 0 Å². The average molecular weight is 271 g/mol. The van der Waals surface area contributed by atoms with E-state index in [1.165, 1.54) is 0 Å². The molecular weight excluding hydrogens is 256 g/mol. The van der Waals surface area contributed by atoms with Gasteiger partial charge >= 0.3 is 0 Å². The highest BCUT2D eigenvalue weighted by Gasteiger charge is 2.25. The van der Waals surface area contributed by atoms with Crippen LogP contribution in [0, 0.1) is 5.41 Å². The molecule has 1 amide bonds. The molecule has 0 saturated carbocycles. The number of hydrogen-bond acceptors (Lipinski definition) is 2. The van der Waals surface area contributed by atoms with Crippen LogP contribution in [0.1, 0.15) is 27.2 Å². The van der Waals surface area contributed by atoms with Gasteiger partial charge in [-0.15, -0.1) is 0 Å². The van der Waals surface area contributed by atoms with Gasteiger partial charge in [0, 0.05) is 17.3 Å². The quantitative estimate of drug-likeness (QED) is 0.857. The number of nitrogens with zero attached hydrogens (tertiary/aromatic N) is 1. The SMILES string of the molecule is CCC(C)(C)C(=O)Nc1ccnc(Br)c1. The predicted molar refractivity (Wildman–Crippen MR) is 64.6 cm³/mol. The van der Waals surface area contributed by atoms with Crippen LogP contribution in [-0.2, 0) is 4.79 Å². The highest BCUT2D eigenvalue weighted by Crippen LogP contribution is 2.22. The maximum Gasteiger partial charge on any atom is 0.230 e. The minimum absolute atomic E-state index is 0.0306. The number of pyridine rings is 1. The summed E-state index contributed by atoms with van der Waals surface area (Å²) in [5.74, 6) is 0.0306. The van der Waals surface area contributed by atoms with E-state index in [4.69, 9.17) is 0 Å². The lowest BCUT2D eigenvalue weighted by atomic mass is 9.89. The molecule has 0 atom stereocenters. The molecule has 0 aliphatic heterocycles. The van der Waals surface area contributed by atoms with Gasteiger partial charge in [0.2, 0.25) is 5.91 Å². The fourth-order valence-electron chi connectivity index (χ4n) is 0.941. The van der Waals surface area contributed by atoms with Crippen molar-refractivity contribution < 1.29 is 4.79 Å². The van der Waals surface area contributed by atoms with E-state index in [1.54, 1.807) is 18.3 Å². The summed E-state index contributed by atoms with van der Waals surface area (Å²) in [6.07, 6.45) is 2.46. The predicted octanol–water partition coefficient (Wildman–Crippen LogP) is 3.22. The molecule has 1 N–H and O–H groups in total. The van der Waals surface area contributed by atoms with Gasteiger partial charge in [-0.2, -0.15) is 0 Å². The van der Waals surface area contributed by atoms with E-state index in [0.29, 0.717) is 0 Å². The molecule has 0 unspecified atom stereocenters. The van der Waals surface area contributed by atoms with Crippen LogP contribution in [-0.4, -0.2) is 10.9 Å². The van der Waals surface area contributed by atoms with Crippen molar-refractivity contribution in [2.75, 3.05) is 5.32 Å². The van der Waals surface area contributed by atoms with Crippen molar-refractivity contribution in [1.82, 2.24) is 4.98 Å². The molecule has 1 aromatic heterocycles. The maximum absolute atomic E-state index is 11.8. The summed E-state index contributed by atoms with van der Waals surface area (Å²) in [6, 6.07) is 3.55. The van der Waals surface area contributed by atoms with Crippen LogP contribution in [0.25, 0.3) is 0 Å². The van der Waals surface area contributed by atoms with E-state index in [9.17, 15) is 4.79 Å². The first-order valence-corrected chi connectivity index (χ1v) is 5.68. The van der Waals surface area contributed by atoms with Crippen LogP contribution in [0.4, 0.5) is 5.69 Å². The summed E-state index contributed by atoms with van der Waals surface area (Å²) in [5.41, 5.74) is 0.429. The Labute approximate surface area is 98.4 Å². The molecule has 82 valence electrons. The van der Waals surface area contributed by atoms with Crippen LogP contribution in [0.3, 0.4) is 0 Å². The molecule has 0 fully saturated rings. The summed E-state index contributed by atoms with van der Waals surface area (Å²) in [5, 5.41) is 2.86. The first-order valence-electron chi connectivity index (χ1n) is 4.88. The fraction of sp³-hybridized carbons (Fsp3) is 0.455. The Morgan fingerprint density at radius 3 is 2.80 bits per heavy atom.